The van der Waals surface area contributed by atoms with Crippen molar-refractivity contribution in [2.24, 2.45) is 17.4 Å². The van der Waals surface area contributed by atoms with Crippen LogP contribution in [-0.4, -0.2) is 76.2 Å². The maximum atomic E-state index is 13.0. The number of hydrogen-bond donors (Lipinski definition) is 8. The number of para-hydroxylation sites is 1. The maximum absolute atomic E-state index is 13.0. The summed E-state index contributed by atoms with van der Waals surface area (Å²) in [5.74, 6) is -3.50. The molecule has 1 aromatic carbocycles. The number of carboxylic acid groups (broad SMARTS) is 1. The highest BCUT2D eigenvalue weighted by atomic mass is 16.4. The van der Waals surface area contributed by atoms with Crippen molar-refractivity contribution >= 4 is 34.6 Å². The number of aliphatic hydroxyl groups excluding tert-OH is 1. The number of benzene rings is 1. The van der Waals surface area contributed by atoms with E-state index < -0.39 is 54.5 Å². The summed E-state index contributed by atoms with van der Waals surface area (Å²) >= 11 is 0. The fraction of sp³-hybridized carbons (Fsp3) is 0.520. The van der Waals surface area contributed by atoms with Crippen LogP contribution in [0, 0.1) is 5.92 Å². The lowest BCUT2D eigenvalue weighted by molar-refractivity contribution is -0.142. The minimum absolute atomic E-state index is 0.0119. The number of amides is 3. The molecule has 0 saturated heterocycles. The number of aromatic nitrogens is 1. The van der Waals surface area contributed by atoms with Crippen molar-refractivity contribution in [1.82, 2.24) is 20.9 Å². The number of carbonyl (C=O) groups excluding carboxylic acids is 3. The Hall–Kier alpha value is -3.48. The zero-order valence-electron chi connectivity index (χ0n) is 21.2. The molecule has 37 heavy (non-hydrogen) atoms. The Kier molecular flexibility index (Phi) is 11.5. The number of aliphatic hydroxyl groups is 1. The van der Waals surface area contributed by atoms with Gasteiger partial charge in [-0.05, 0) is 43.4 Å². The van der Waals surface area contributed by atoms with Crippen LogP contribution in [0.2, 0.25) is 0 Å². The highest BCUT2D eigenvalue weighted by Crippen LogP contribution is 2.19. The van der Waals surface area contributed by atoms with Gasteiger partial charge in [-0.15, -0.1) is 0 Å². The van der Waals surface area contributed by atoms with Crippen molar-refractivity contribution in [3.05, 3.63) is 36.0 Å². The van der Waals surface area contributed by atoms with Crippen LogP contribution in [0.25, 0.3) is 10.9 Å². The van der Waals surface area contributed by atoms with E-state index in [4.69, 9.17) is 11.5 Å². The van der Waals surface area contributed by atoms with Gasteiger partial charge < -0.3 is 42.6 Å². The second-order valence-corrected chi connectivity index (χ2v) is 9.32. The summed E-state index contributed by atoms with van der Waals surface area (Å²) in [4.78, 5) is 53.2. The van der Waals surface area contributed by atoms with Gasteiger partial charge in [0.15, 0.2) is 0 Å². The molecule has 0 radical (unpaired) electrons. The van der Waals surface area contributed by atoms with Crippen molar-refractivity contribution in [3.63, 3.8) is 0 Å². The van der Waals surface area contributed by atoms with Crippen molar-refractivity contribution in [3.8, 4) is 0 Å². The third kappa shape index (κ3) is 8.55. The highest BCUT2D eigenvalue weighted by Gasteiger charge is 2.30. The summed E-state index contributed by atoms with van der Waals surface area (Å²) in [5.41, 5.74) is 12.9. The van der Waals surface area contributed by atoms with Gasteiger partial charge >= 0.3 is 5.97 Å². The fourth-order valence-corrected chi connectivity index (χ4v) is 3.79. The Labute approximate surface area is 215 Å². The number of aromatic amines is 1. The molecule has 3 amide bonds. The lowest BCUT2D eigenvalue weighted by atomic mass is 10.0. The van der Waals surface area contributed by atoms with E-state index in [0.717, 1.165) is 10.9 Å². The molecule has 4 unspecified atom stereocenters. The second-order valence-electron chi connectivity index (χ2n) is 9.32. The first-order chi connectivity index (χ1) is 17.6. The molecule has 0 bridgehead atoms. The molecule has 1 aromatic heterocycles. The number of rotatable bonds is 15. The number of carboxylic acids is 1. The van der Waals surface area contributed by atoms with E-state index in [0.29, 0.717) is 24.9 Å². The molecule has 0 aliphatic rings. The monoisotopic (exact) mass is 518 g/mol. The lowest BCUT2D eigenvalue weighted by Crippen LogP contribution is -2.58. The molecule has 0 spiro atoms. The largest absolute Gasteiger partial charge is 0.480 e. The quantitative estimate of drug-likeness (QED) is 0.142. The summed E-state index contributed by atoms with van der Waals surface area (Å²) in [6.07, 6.45) is 3.07. The number of H-pyrrole nitrogens is 1. The van der Waals surface area contributed by atoms with Gasteiger partial charge in [0.2, 0.25) is 17.7 Å². The molecule has 4 atom stereocenters. The van der Waals surface area contributed by atoms with Crippen LogP contribution in [0.4, 0.5) is 0 Å². The number of hydrogen-bond acceptors (Lipinski definition) is 7. The van der Waals surface area contributed by atoms with Crippen LogP contribution < -0.4 is 27.4 Å². The predicted octanol–water partition coefficient (Wildman–Crippen LogP) is -0.646. The van der Waals surface area contributed by atoms with Crippen molar-refractivity contribution < 1.29 is 29.4 Å². The van der Waals surface area contributed by atoms with Crippen molar-refractivity contribution in [2.45, 2.75) is 63.7 Å². The molecule has 0 aliphatic carbocycles. The van der Waals surface area contributed by atoms with E-state index in [1.165, 1.54) is 0 Å². The number of unbranched alkanes of at least 4 members (excludes halogenated alkanes) is 1. The SMILES string of the molecule is CC(C)C(N)C(=O)NC(CCCCN)C(=O)NC(CO)C(=O)NC(Cc1c[nH]c2ccccc12)C(=O)O. The number of nitrogens with one attached hydrogen (secondary N) is 4. The van der Waals surface area contributed by atoms with Crippen LogP contribution in [0.5, 0.6) is 0 Å². The smallest absolute Gasteiger partial charge is 0.326 e. The molecule has 0 saturated carbocycles. The Morgan fingerprint density at radius 2 is 1.57 bits per heavy atom. The molecule has 204 valence electrons. The van der Waals surface area contributed by atoms with Gasteiger partial charge in [0.25, 0.3) is 0 Å². The molecule has 0 fully saturated rings. The topological polar surface area (TPSA) is 213 Å². The first-order valence-electron chi connectivity index (χ1n) is 12.3. The summed E-state index contributed by atoms with van der Waals surface area (Å²) in [7, 11) is 0. The van der Waals surface area contributed by atoms with Gasteiger partial charge in [0.05, 0.1) is 12.6 Å². The number of nitrogens with two attached hydrogens (primary N) is 2. The molecule has 2 rings (SSSR count). The molecular weight excluding hydrogens is 480 g/mol. The summed E-state index contributed by atoms with van der Waals surface area (Å²) in [6, 6.07) is 2.78. The average Bonchev–Trinajstić information content (AvgIpc) is 3.28. The van der Waals surface area contributed by atoms with E-state index in [-0.39, 0.29) is 18.8 Å². The van der Waals surface area contributed by atoms with Crippen molar-refractivity contribution in [1.29, 1.82) is 0 Å². The van der Waals surface area contributed by atoms with Gasteiger partial charge in [-0.2, -0.15) is 0 Å². The van der Waals surface area contributed by atoms with E-state index in [1.54, 1.807) is 20.0 Å². The third-order valence-electron chi connectivity index (χ3n) is 6.13. The standard InChI is InChI=1S/C25H38N6O6/c1-14(2)21(27)24(35)29-18(9-5-6-10-26)22(33)31-20(13-32)23(34)30-19(25(36)37)11-15-12-28-17-8-4-3-7-16(15)17/h3-4,7-8,12,14,18-21,28,32H,5-6,9-11,13,26-27H2,1-2H3,(H,29,35)(H,30,34)(H,31,33)(H,36,37). The van der Waals surface area contributed by atoms with Crippen molar-refractivity contribution in [2.75, 3.05) is 13.2 Å². The number of aliphatic carboxylic acids is 1. The van der Waals surface area contributed by atoms with Crippen LogP contribution in [0.1, 0.15) is 38.7 Å². The van der Waals surface area contributed by atoms with Crippen LogP contribution in [-0.2, 0) is 25.6 Å². The Morgan fingerprint density at radius 1 is 0.946 bits per heavy atom. The average molecular weight is 519 g/mol. The van der Waals surface area contributed by atoms with Crippen LogP contribution in [0.3, 0.4) is 0 Å². The summed E-state index contributed by atoms with van der Waals surface area (Å²) in [5, 5.41) is 27.7. The van der Waals surface area contributed by atoms with Crippen LogP contribution in [0.15, 0.2) is 30.5 Å². The molecule has 12 heteroatoms. The van der Waals surface area contributed by atoms with E-state index >= 15 is 0 Å². The zero-order valence-corrected chi connectivity index (χ0v) is 21.2. The first kappa shape index (κ1) is 29.7. The molecular formula is C25H38N6O6. The van der Waals surface area contributed by atoms with Gasteiger partial charge in [0, 0.05) is 23.5 Å². The van der Waals surface area contributed by atoms with Crippen LogP contribution >= 0.6 is 0 Å². The van der Waals surface area contributed by atoms with Gasteiger partial charge in [0.1, 0.15) is 18.1 Å². The molecule has 2 aromatic rings. The first-order valence-corrected chi connectivity index (χ1v) is 12.3. The molecule has 12 nitrogen and oxygen atoms in total. The third-order valence-corrected chi connectivity index (χ3v) is 6.13. The van der Waals surface area contributed by atoms with E-state index in [9.17, 15) is 29.4 Å². The number of fused-ring (bicyclic) bond motifs is 1. The normalized spacial score (nSPS) is 14.5. The van der Waals surface area contributed by atoms with Gasteiger partial charge in [-0.1, -0.05) is 32.0 Å². The summed E-state index contributed by atoms with van der Waals surface area (Å²) in [6.45, 7) is 3.18. The molecule has 1 heterocycles. The zero-order chi connectivity index (χ0) is 27.5. The molecule has 0 aliphatic heterocycles. The number of carbonyl (C=O) groups is 4. The highest BCUT2D eigenvalue weighted by molar-refractivity contribution is 5.94. The second kappa shape index (κ2) is 14.3. The molecule has 10 N–H and O–H groups in total. The predicted molar refractivity (Wildman–Crippen MR) is 138 cm³/mol. The minimum atomic E-state index is -1.43. The fourth-order valence-electron chi connectivity index (χ4n) is 3.79. The Balaban J connectivity index is 2.09. The maximum Gasteiger partial charge on any atom is 0.326 e. The summed E-state index contributed by atoms with van der Waals surface area (Å²) < 4.78 is 0. The van der Waals surface area contributed by atoms with Gasteiger partial charge in [-0.25, -0.2) is 4.79 Å². The van der Waals surface area contributed by atoms with E-state index in [2.05, 4.69) is 20.9 Å². The van der Waals surface area contributed by atoms with E-state index in [1.807, 2.05) is 24.3 Å². The van der Waals surface area contributed by atoms with Gasteiger partial charge in [-0.3, -0.25) is 14.4 Å². The Morgan fingerprint density at radius 3 is 2.19 bits per heavy atom. The Bertz CT molecular complexity index is 1070. The minimum Gasteiger partial charge on any atom is -0.480 e. The lowest BCUT2D eigenvalue weighted by Gasteiger charge is -2.25.